The number of aromatic nitrogens is 2. The molecule has 2 aromatic heterocycles. The Hall–Kier alpha value is -2.73. The number of nitrogens with zero attached hydrogens (tertiary/aromatic N) is 2. The number of carbonyl (C=O) groups is 1. The monoisotopic (exact) mass is 426 g/mol. The molecular formula is C23H24ClFN4O. The second-order valence-electron chi connectivity index (χ2n) is 7.93. The van der Waals surface area contributed by atoms with E-state index in [1.165, 1.54) is 25.3 Å². The van der Waals surface area contributed by atoms with Gasteiger partial charge in [-0.05, 0) is 55.5 Å². The van der Waals surface area contributed by atoms with Crippen LogP contribution in [0.5, 0.6) is 0 Å². The molecule has 2 N–H and O–H groups in total. The molecular weight excluding hydrogens is 403 g/mol. The highest BCUT2D eigenvalue weighted by molar-refractivity contribution is 6.30. The Bertz CT molecular complexity index is 1110. The molecule has 156 valence electrons. The number of halogens is 2. The molecule has 1 saturated carbocycles. The van der Waals surface area contributed by atoms with E-state index in [4.69, 9.17) is 11.6 Å². The van der Waals surface area contributed by atoms with Crippen LogP contribution in [-0.2, 0) is 0 Å². The number of pyridine rings is 2. The molecule has 4 rings (SSSR count). The Morgan fingerprint density at radius 3 is 2.73 bits per heavy atom. The lowest BCUT2D eigenvalue weighted by Crippen LogP contribution is -2.31. The molecule has 0 atom stereocenters. The van der Waals surface area contributed by atoms with Crippen LogP contribution in [0.4, 0.5) is 14.9 Å². The maximum Gasteiger partial charge on any atom is 0.319 e. The normalized spacial score (nSPS) is 13.9. The van der Waals surface area contributed by atoms with E-state index in [9.17, 15) is 9.18 Å². The Balaban J connectivity index is 1.58. The summed E-state index contributed by atoms with van der Waals surface area (Å²) in [5.74, 6) is 0.242. The van der Waals surface area contributed by atoms with Gasteiger partial charge in [0.05, 0.1) is 11.2 Å². The lowest BCUT2D eigenvalue weighted by molar-refractivity contribution is 0.247. The van der Waals surface area contributed by atoms with Crippen molar-refractivity contribution in [3.8, 4) is 11.1 Å². The Morgan fingerprint density at radius 1 is 1.20 bits per heavy atom. The average molecular weight is 427 g/mol. The van der Waals surface area contributed by atoms with Gasteiger partial charge in [-0.25, -0.2) is 14.2 Å². The maximum atomic E-state index is 14.5. The van der Waals surface area contributed by atoms with E-state index in [0.29, 0.717) is 17.6 Å². The third-order valence-electron chi connectivity index (χ3n) is 5.77. The molecule has 0 aliphatic heterocycles. The van der Waals surface area contributed by atoms with E-state index in [2.05, 4.69) is 20.6 Å². The van der Waals surface area contributed by atoms with Gasteiger partial charge in [0.1, 0.15) is 11.0 Å². The lowest BCUT2D eigenvalue weighted by atomic mass is 9.83. The molecule has 0 radical (unpaired) electrons. The molecule has 7 heteroatoms. The highest BCUT2D eigenvalue weighted by atomic mass is 35.5. The van der Waals surface area contributed by atoms with Gasteiger partial charge in [-0.15, -0.1) is 0 Å². The van der Waals surface area contributed by atoms with E-state index in [0.717, 1.165) is 39.7 Å². The summed E-state index contributed by atoms with van der Waals surface area (Å²) in [5.41, 5.74) is 4.11. The van der Waals surface area contributed by atoms with Gasteiger partial charge in [-0.3, -0.25) is 4.98 Å². The van der Waals surface area contributed by atoms with Crippen LogP contribution in [0.15, 0.2) is 30.5 Å². The summed E-state index contributed by atoms with van der Waals surface area (Å²) in [5, 5.41) is 6.69. The van der Waals surface area contributed by atoms with Gasteiger partial charge in [-0.2, -0.15) is 0 Å². The molecule has 0 bridgehead atoms. The Morgan fingerprint density at radius 2 is 2.00 bits per heavy atom. The summed E-state index contributed by atoms with van der Waals surface area (Å²) >= 11 is 5.97. The Kier molecular flexibility index (Phi) is 5.86. The summed E-state index contributed by atoms with van der Waals surface area (Å²) in [4.78, 5) is 21.0. The predicted molar refractivity (Wildman–Crippen MR) is 118 cm³/mol. The number of amides is 2. The van der Waals surface area contributed by atoms with Crippen molar-refractivity contribution in [3.63, 3.8) is 0 Å². The number of fused-ring (bicyclic) bond motifs is 1. The quantitative estimate of drug-likeness (QED) is 0.490. The summed E-state index contributed by atoms with van der Waals surface area (Å²) in [6, 6.07) is 6.38. The number of benzene rings is 1. The highest BCUT2D eigenvalue weighted by Gasteiger charge is 2.18. The average Bonchev–Trinajstić information content (AvgIpc) is 2.65. The summed E-state index contributed by atoms with van der Waals surface area (Å²) in [6.07, 6.45) is 6.39. The van der Waals surface area contributed by atoms with E-state index < -0.39 is 11.8 Å². The summed E-state index contributed by atoms with van der Waals surface area (Å²) in [6.45, 7) is 4.33. The van der Waals surface area contributed by atoms with Gasteiger partial charge < -0.3 is 10.6 Å². The second kappa shape index (κ2) is 8.56. The van der Waals surface area contributed by atoms with Crippen molar-refractivity contribution in [3.05, 3.63) is 52.7 Å². The number of aryl methyl sites for hydroxylation is 2. The number of nitrogens with one attached hydrogen (secondary N) is 2. The third-order valence-corrected chi connectivity index (χ3v) is 5.98. The van der Waals surface area contributed by atoms with E-state index in [-0.39, 0.29) is 5.69 Å². The lowest BCUT2D eigenvalue weighted by Gasteiger charge is -2.25. The van der Waals surface area contributed by atoms with Crippen LogP contribution < -0.4 is 10.6 Å². The molecule has 2 amide bonds. The van der Waals surface area contributed by atoms with Crippen molar-refractivity contribution < 1.29 is 9.18 Å². The second-order valence-corrected chi connectivity index (χ2v) is 8.32. The minimum atomic E-state index is -0.467. The zero-order valence-corrected chi connectivity index (χ0v) is 17.8. The first-order chi connectivity index (χ1) is 14.4. The minimum Gasteiger partial charge on any atom is -0.338 e. The Labute approximate surface area is 180 Å². The maximum absolute atomic E-state index is 14.5. The van der Waals surface area contributed by atoms with Gasteiger partial charge in [0.2, 0.25) is 0 Å². The van der Waals surface area contributed by atoms with Gasteiger partial charge in [0, 0.05) is 35.5 Å². The molecule has 1 aliphatic rings. The van der Waals surface area contributed by atoms with Crippen molar-refractivity contribution in [2.75, 3.05) is 11.9 Å². The number of hydrogen-bond acceptors (Lipinski definition) is 3. The van der Waals surface area contributed by atoms with Gasteiger partial charge in [0.15, 0.2) is 0 Å². The zero-order valence-electron chi connectivity index (χ0n) is 17.1. The first kappa shape index (κ1) is 20.5. The molecule has 30 heavy (non-hydrogen) atoms. The van der Waals surface area contributed by atoms with Crippen LogP contribution in [-0.4, -0.2) is 22.5 Å². The van der Waals surface area contributed by atoms with E-state index in [1.807, 2.05) is 19.9 Å². The van der Waals surface area contributed by atoms with Crippen molar-refractivity contribution in [2.45, 2.75) is 39.5 Å². The van der Waals surface area contributed by atoms with Gasteiger partial charge >= 0.3 is 6.03 Å². The van der Waals surface area contributed by atoms with E-state index >= 15 is 0 Å². The minimum absolute atomic E-state index is 0.144. The first-order valence-corrected chi connectivity index (χ1v) is 10.6. The molecule has 2 heterocycles. The zero-order chi connectivity index (χ0) is 21.3. The molecule has 0 spiro atoms. The number of carbonyl (C=O) groups excluding carboxylic acids is 1. The first-order valence-electron chi connectivity index (χ1n) is 10.2. The van der Waals surface area contributed by atoms with Crippen LogP contribution in [0, 0.1) is 25.6 Å². The van der Waals surface area contributed by atoms with E-state index in [1.54, 1.807) is 18.3 Å². The van der Waals surface area contributed by atoms with Crippen LogP contribution >= 0.6 is 11.6 Å². The van der Waals surface area contributed by atoms with Crippen molar-refractivity contribution in [2.24, 2.45) is 5.92 Å². The van der Waals surface area contributed by atoms with Crippen LogP contribution in [0.1, 0.15) is 36.9 Å². The fourth-order valence-electron chi connectivity index (χ4n) is 3.81. The molecule has 3 aromatic rings. The molecule has 0 unspecified atom stereocenters. The fourth-order valence-corrected chi connectivity index (χ4v) is 3.96. The summed E-state index contributed by atoms with van der Waals surface area (Å²) in [7, 11) is 0. The third kappa shape index (κ3) is 4.38. The van der Waals surface area contributed by atoms with Crippen molar-refractivity contribution in [1.29, 1.82) is 0 Å². The van der Waals surface area contributed by atoms with Crippen LogP contribution in [0.25, 0.3) is 22.0 Å². The molecule has 0 saturated heterocycles. The number of hydrogen-bond donors (Lipinski definition) is 2. The number of urea groups is 1. The predicted octanol–water partition coefficient (Wildman–Crippen LogP) is 6.02. The number of rotatable bonds is 5. The van der Waals surface area contributed by atoms with Crippen molar-refractivity contribution >= 4 is 34.2 Å². The molecule has 1 aliphatic carbocycles. The SMILES string of the molecule is Cc1cc(F)c(NC(=O)NCCC2CCC2)cc1-c1cc2cnc(Cl)cc2nc1C. The van der Waals surface area contributed by atoms with Crippen molar-refractivity contribution in [1.82, 2.24) is 15.3 Å². The van der Waals surface area contributed by atoms with Crippen LogP contribution in [0.3, 0.4) is 0 Å². The van der Waals surface area contributed by atoms with Gasteiger partial charge in [-0.1, -0.05) is 30.9 Å². The molecule has 1 aromatic carbocycles. The highest BCUT2D eigenvalue weighted by Crippen LogP contribution is 2.33. The standard InChI is InChI=1S/C23H24ClFN4O/c1-13-8-19(25)21(29-23(30)26-7-6-15-4-3-5-15)10-17(13)18-9-16-12-27-22(24)11-20(16)28-14(18)2/h8-12,15H,3-7H2,1-2H3,(H2,26,29,30). The smallest absolute Gasteiger partial charge is 0.319 e. The molecule has 1 fully saturated rings. The topological polar surface area (TPSA) is 66.9 Å². The van der Waals surface area contributed by atoms with Crippen LogP contribution in [0.2, 0.25) is 5.15 Å². The van der Waals surface area contributed by atoms with Gasteiger partial charge in [0.25, 0.3) is 0 Å². The number of anilines is 1. The fraction of sp³-hybridized carbons (Fsp3) is 0.348. The molecule has 5 nitrogen and oxygen atoms in total. The summed E-state index contributed by atoms with van der Waals surface area (Å²) < 4.78 is 14.5. The largest absolute Gasteiger partial charge is 0.338 e.